The van der Waals surface area contributed by atoms with Crippen molar-refractivity contribution in [3.8, 4) is 0 Å². The maximum absolute atomic E-state index is 11.4. The Morgan fingerprint density at radius 3 is 1.62 bits per heavy atom. The first-order valence-electron chi connectivity index (χ1n) is 1.37. The van der Waals surface area contributed by atoms with Crippen LogP contribution >= 0.6 is 23.5 Å². The second-order valence-corrected chi connectivity index (χ2v) is 4.27. The highest BCUT2D eigenvalue weighted by atomic mass is 79.9. The molecule has 0 saturated carbocycles. The second kappa shape index (κ2) is 2.02. The molecule has 0 radical (unpaired) electrons. The molecule has 0 aliphatic rings. The van der Waals surface area contributed by atoms with Crippen LogP contribution in [0.5, 0.6) is 0 Å². The summed E-state index contributed by atoms with van der Waals surface area (Å²) in [6, 6.07) is 0. The third-order valence-corrected chi connectivity index (χ3v) is 2.38. The number of hydrogen-bond donors (Lipinski definition) is 2. The summed E-state index contributed by atoms with van der Waals surface area (Å²) >= 11 is 1.50. The molecule has 3 nitrogen and oxygen atoms in total. The van der Waals surface area contributed by atoms with Gasteiger partial charge in [-0.05, 0) is 0 Å². The van der Waals surface area contributed by atoms with E-state index in [-0.39, 0.29) is 0 Å². The fraction of sp³-hybridized carbons (Fsp3) is 1.00. The lowest BCUT2D eigenvalue weighted by atomic mass is 11.7. The van der Waals surface area contributed by atoms with Crippen LogP contribution in [0.3, 0.4) is 0 Å². The fourth-order valence-electron chi connectivity index (χ4n) is 0. The van der Waals surface area contributed by atoms with Crippen LogP contribution in [-0.2, 0) is 4.57 Å². The van der Waals surface area contributed by atoms with E-state index in [4.69, 9.17) is 9.79 Å². The molecule has 0 heterocycles. The van der Waals surface area contributed by atoms with Crippen LogP contribution in [0.1, 0.15) is 0 Å². The van der Waals surface area contributed by atoms with E-state index >= 15 is 0 Å². The molecule has 0 bridgehead atoms. The van der Waals surface area contributed by atoms with Crippen molar-refractivity contribution in [2.45, 2.75) is 4.57 Å². The van der Waals surface area contributed by atoms with Crippen molar-refractivity contribution in [2.24, 2.45) is 0 Å². The van der Waals surface area contributed by atoms with Gasteiger partial charge in [0.05, 0.1) is 0 Å². The predicted molar refractivity (Wildman–Crippen MR) is 25.9 cm³/mol. The highest BCUT2D eigenvalue weighted by molar-refractivity contribution is 9.11. The summed E-state index contributed by atoms with van der Waals surface area (Å²) in [5.41, 5.74) is 0. The van der Waals surface area contributed by atoms with Gasteiger partial charge in [0.2, 0.25) is 0 Å². The van der Waals surface area contributed by atoms with Gasteiger partial charge in [0, 0.05) is 15.9 Å². The third-order valence-electron chi connectivity index (χ3n) is 0.330. The first-order chi connectivity index (χ1) is 3.25. The van der Waals surface area contributed by atoms with Crippen molar-refractivity contribution in [1.82, 2.24) is 0 Å². The van der Waals surface area contributed by atoms with Crippen LogP contribution in [0.2, 0.25) is 0 Å². The Bertz CT molecular complexity index is 124. The largest absolute Gasteiger partial charge is 0.405 e. The minimum atomic E-state index is -5.27. The topological polar surface area (TPSA) is 57.5 Å². The Balaban J connectivity index is 4.26. The average molecular weight is 211 g/mol. The van der Waals surface area contributed by atoms with E-state index in [0.717, 1.165) is 0 Å². The smallest absolute Gasteiger partial charge is 0.320 e. The number of hydrogen-bond acceptors (Lipinski definition) is 1. The highest BCUT2D eigenvalue weighted by Gasteiger charge is 2.45. The van der Waals surface area contributed by atoms with E-state index < -0.39 is 12.2 Å². The molecule has 0 aliphatic carbocycles. The molecule has 0 unspecified atom stereocenters. The lowest BCUT2D eigenvalue weighted by molar-refractivity contribution is 0.158. The number of rotatable bonds is 1. The van der Waals surface area contributed by atoms with Gasteiger partial charge < -0.3 is 9.79 Å². The molecule has 8 heavy (non-hydrogen) atoms. The van der Waals surface area contributed by atoms with Crippen LogP contribution in [-0.4, -0.2) is 14.4 Å². The van der Waals surface area contributed by atoms with Gasteiger partial charge in [-0.1, -0.05) is 0 Å². The van der Waals surface area contributed by atoms with Gasteiger partial charge in [-0.15, -0.1) is 0 Å². The molecule has 0 aliphatic heterocycles. The number of halogens is 3. The first kappa shape index (κ1) is 8.49. The van der Waals surface area contributed by atoms with Gasteiger partial charge in [0.25, 0.3) is 0 Å². The van der Waals surface area contributed by atoms with Gasteiger partial charge in [0.15, 0.2) is 0 Å². The second-order valence-electron chi connectivity index (χ2n) is 1.01. The van der Waals surface area contributed by atoms with Crippen LogP contribution in [0.25, 0.3) is 0 Å². The molecule has 0 aromatic heterocycles. The molecular formula is CH2BrF2O3P. The molecule has 50 valence electrons. The molecule has 0 saturated heterocycles. The van der Waals surface area contributed by atoms with Crippen molar-refractivity contribution >= 4 is 23.5 Å². The molecule has 2 N–H and O–H groups in total. The van der Waals surface area contributed by atoms with Crippen molar-refractivity contribution in [3.63, 3.8) is 0 Å². The Morgan fingerprint density at radius 1 is 1.50 bits per heavy atom. The lowest BCUT2D eigenvalue weighted by Gasteiger charge is -2.07. The molecule has 0 atom stereocenters. The summed E-state index contributed by atoms with van der Waals surface area (Å²) in [6.45, 7) is 0. The summed E-state index contributed by atoms with van der Waals surface area (Å²) in [6.07, 6.45) is 0. The van der Waals surface area contributed by atoms with Crippen molar-refractivity contribution in [2.75, 3.05) is 0 Å². The lowest BCUT2D eigenvalue weighted by Crippen LogP contribution is -2.04. The molecule has 7 heteroatoms. The molecule has 0 rings (SSSR count). The fourth-order valence-corrected chi connectivity index (χ4v) is 0. The van der Waals surface area contributed by atoms with E-state index in [2.05, 4.69) is 0 Å². The standard InChI is InChI=1S/CH2BrF2O3P/c2-1(3,4)8(5,6)7/h(H2,5,6,7). The van der Waals surface area contributed by atoms with E-state index in [1.54, 1.807) is 0 Å². The maximum atomic E-state index is 11.4. The SMILES string of the molecule is O=P(O)(O)C(F)(F)Br. The predicted octanol–water partition coefficient (Wildman–Crippen LogP) is 1.11. The molecule has 0 aromatic carbocycles. The Morgan fingerprint density at radius 2 is 1.62 bits per heavy atom. The summed E-state index contributed by atoms with van der Waals surface area (Å²) in [4.78, 5) is 15.3. The maximum Gasteiger partial charge on any atom is 0.405 e. The summed E-state index contributed by atoms with van der Waals surface area (Å²) in [7, 11) is -5.27. The van der Waals surface area contributed by atoms with E-state index in [9.17, 15) is 13.3 Å². The van der Waals surface area contributed by atoms with Gasteiger partial charge in [-0.2, -0.15) is 8.78 Å². The molecular weight excluding hydrogens is 209 g/mol. The molecule has 0 amide bonds. The van der Waals surface area contributed by atoms with E-state index in [0.29, 0.717) is 0 Å². The van der Waals surface area contributed by atoms with Crippen molar-refractivity contribution < 1.29 is 23.1 Å². The Kier molecular flexibility index (Phi) is 2.15. The normalized spacial score (nSPS) is 14.1. The molecule has 0 spiro atoms. The zero-order valence-electron chi connectivity index (χ0n) is 3.38. The monoisotopic (exact) mass is 210 g/mol. The Labute approximate surface area is 52.0 Å². The quantitative estimate of drug-likeness (QED) is 0.504. The van der Waals surface area contributed by atoms with Crippen LogP contribution in [0, 0.1) is 0 Å². The first-order valence-corrected chi connectivity index (χ1v) is 3.78. The number of alkyl halides is 3. The summed E-state index contributed by atoms with van der Waals surface area (Å²) in [5, 5.41) is 0. The van der Waals surface area contributed by atoms with E-state index in [1.165, 1.54) is 15.9 Å². The highest BCUT2D eigenvalue weighted by Crippen LogP contribution is 2.56. The van der Waals surface area contributed by atoms with Crippen LogP contribution < -0.4 is 0 Å². The minimum absolute atomic E-state index is 1.50. The molecule has 0 aromatic rings. The summed E-state index contributed by atoms with van der Waals surface area (Å²) < 4.78 is 28.2. The average Bonchev–Trinajstić information content (AvgIpc) is 1.25. The minimum Gasteiger partial charge on any atom is -0.320 e. The summed E-state index contributed by atoms with van der Waals surface area (Å²) in [5.74, 6) is 0. The van der Waals surface area contributed by atoms with Gasteiger partial charge in [-0.25, -0.2) is 0 Å². The van der Waals surface area contributed by atoms with Gasteiger partial charge in [0.1, 0.15) is 0 Å². The van der Waals surface area contributed by atoms with Gasteiger partial charge >= 0.3 is 12.2 Å². The van der Waals surface area contributed by atoms with Gasteiger partial charge in [-0.3, -0.25) is 4.57 Å². The Hall–Kier alpha value is 0.490. The van der Waals surface area contributed by atoms with Crippen LogP contribution in [0.15, 0.2) is 0 Å². The van der Waals surface area contributed by atoms with Crippen LogP contribution in [0.4, 0.5) is 8.78 Å². The zero-order valence-corrected chi connectivity index (χ0v) is 5.86. The molecule has 0 fully saturated rings. The zero-order chi connectivity index (χ0) is 7.00. The van der Waals surface area contributed by atoms with Crippen molar-refractivity contribution in [3.05, 3.63) is 0 Å². The third kappa shape index (κ3) is 2.17. The van der Waals surface area contributed by atoms with Crippen molar-refractivity contribution in [1.29, 1.82) is 0 Å². The van der Waals surface area contributed by atoms with E-state index in [1.807, 2.05) is 0 Å².